The summed E-state index contributed by atoms with van der Waals surface area (Å²) in [5, 5.41) is 8.57. The summed E-state index contributed by atoms with van der Waals surface area (Å²) in [5.74, 6) is 2.29. The van der Waals surface area contributed by atoms with Crippen molar-refractivity contribution >= 4 is 29.3 Å². The van der Waals surface area contributed by atoms with Crippen LogP contribution in [-0.2, 0) is 4.79 Å². The summed E-state index contributed by atoms with van der Waals surface area (Å²) >= 11 is 1.28. The van der Waals surface area contributed by atoms with Gasteiger partial charge in [0.25, 0.3) is 0 Å². The van der Waals surface area contributed by atoms with Gasteiger partial charge in [0.05, 0.1) is 20.0 Å². The molecule has 9 heteroatoms. The Bertz CT molecular complexity index is 1340. The lowest BCUT2D eigenvalue weighted by Gasteiger charge is -2.38. The number of allylic oxidation sites excluding steroid dienone is 2. The molecule has 2 aromatic carbocycles. The molecule has 5 rings (SSSR count). The number of fused-ring (bicyclic) bond motifs is 1. The number of aromatic nitrogens is 3. The highest BCUT2D eigenvalue weighted by Gasteiger charge is 2.41. The van der Waals surface area contributed by atoms with Crippen molar-refractivity contribution in [1.82, 2.24) is 14.8 Å². The largest absolute Gasteiger partial charge is 0.497 e. The van der Waals surface area contributed by atoms with E-state index in [0.29, 0.717) is 28.8 Å². The van der Waals surface area contributed by atoms with Crippen molar-refractivity contribution in [1.29, 1.82) is 0 Å². The molecule has 8 nitrogen and oxygen atoms in total. The molecule has 36 heavy (non-hydrogen) atoms. The molecule has 186 valence electrons. The summed E-state index contributed by atoms with van der Waals surface area (Å²) in [6.45, 7) is 4.20. The molecule has 0 fully saturated rings. The maximum atomic E-state index is 13.3. The van der Waals surface area contributed by atoms with Gasteiger partial charge in [0, 0.05) is 23.3 Å². The van der Waals surface area contributed by atoms with E-state index in [1.54, 1.807) is 43.2 Å². The molecule has 0 bridgehead atoms. The van der Waals surface area contributed by atoms with Gasteiger partial charge in [0.2, 0.25) is 11.1 Å². The van der Waals surface area contributed by atoms with Gasteiger partial charge in [-0.05, 0) is 53.8 Å². The topological polar surface area (TPSA) is 95.3 Å². The van der Waals surface area contributed by atoms with Crippen molar-refractivity contribution in [2.75, 3.05) is 25.3 Å². The number of thioether (sulfide) groups is 1. The Hall–Kier alpha value is -3.59. The van der Waals surface area contributed by atoms with Gasteiger partial charge in [0.15, 0.2) is 11.6 Å². The third-order valence-corrected chi connectivity index (χ3v) is 7.33. The summed E-state index contributed by atoms with van der Waals surface area (Å²) in [5.41, 5.74) is 3.00. The number of methoxy groups -OCH3 is 2. The van der Waals surface area contributed by atoms with Crippen LogP contribution in [-0.4, -0.2) is 46.3 Å². The van der Waals surface area contributed by atoms with Gasteiger partial charge >= 0.3 is 0 Å². The molecule has 0 radical (unpaired) electrons. The number of hydrogen-bond donors (Lipinski definition) is 1. The van der Waals surface area contributed by atoms with Crippen molar-refractivity contribution in [3.05, 3.63) is 70.9 Å². The van der Waals surface area contributed by atoms with Gasteiger partial charge in [-0.1, -0.05) is 37.7 Å². The minimum Gasteiger partial charge on any atom is -0.497 e. The van der Waals surface area contributed by atoms with Crippen LogP contribution < -0.4 is 14.8 Å². The van der Waals surface area contributed by atoms with E-state index in [1.807, 2.05) is 24.3 Å². The van der Waals surface area contributed by atoms with E-state index in [-0.39, 0.29) is 22.7 Å². The molecule has 3 aromatic rings. The summed E-state index contributed by atoms with van der Waals surface area (Å²) in [4.78, 5) is 30.7. The lowest BCUT2D eigenvalue weighted by molar-refractivity contribution is -0.118. The van der Waals surface area contributed by atoms with Crippen molar-refractivity contribution in [2.45, 2.75) is 37.9 Å². The highest BCUT2D eigenvalue weighted by Crippen LogP contribution is 2.45. The molecule has 2 aliphatic rings. The van der Waals surface area contributed by atoms with Crippen molar-refractivity contribution in [3.8, 4) is 11.5 Å². The van der Waals surface area contributed by atoms with Gasteiger partial charge < -0.3 is 14.8 Å². The second-order valence-corrected chi connectivity index (χ2v) is 10.7. The van der Waals surface area contributed by atoms with E-state index in [1.165, 1.54) is 11.8 Å². The van der Waals surface area contributed by atoms with Crippen molar-refractivity contribution in [3.63, 3.8) is 0 Å². The van der Waals surface area contributed by atoms with E-state index < -0.39 is 6.04 Å². The molecule has 0 spiro atoms. The van der Waals surface area contributed by atoms with E-state index in [9.17, 15) is 9.59 Å². The number of carbonyl (C=O) groups excluding carboxylic acids is 2. The summed E-state index contributed by atoms with van der Waals surface area (Å²) in [6.07, 6.45) is 1.22. The van der Waals surface area contributed by atoms with Crippen LogP contribution in [0.15, 0.2) is 65.0 Å². The molecule has 1 aliphatic heterocycles. The zero-order valence-electron chi connectivity index (χ0n) is 20.7. The predicted octanol–water partition coefficient (Wildman–Crippen LogP) is 4.93. The Kier molecular flexibility index (Phi) is 6.34. The number of ketones is 2. The predicted molar refractivity (Wildman–Crippen MR) is 138 cm³/mol. The number of Topliss-reactive ketones (excluding diaryl/α,β-unsaturated/α-hetero) is 2. The van der Waals surface area contributed by atoms with Gasteiger partial charge in [-0.3, -0.25) is 9.59 Å². The van der Waals surface area contributed by atoms with E-state index >= 15 is 0 Å². The van der Waals surface area contributed by atoms with Crippen LogP contribution >= 0.6 is 11.8 Å². The lowest BCUT2D eigenvalue weighted by atomic mass is 9.73. The molecule has 0 saturated heterocycles. The number of ether oxygens (including phenoxy) is 2. The maximum Gasteiger partial charge on any atom is 0.227 e. The zero-order valence-corrected chi connectivity index (χ0v) is 21.5. The Morgan fingerprint density at radius 2 is 1.69 bits per heavy atom. The Labute approximate surface area is 214 Å². The van der Waals surface area contributed by atoms with Gasteiger partial charge in [-0.2, -0.15) is 4.98 Å². The first kappa shape index (κ1) is 24.1. The number of nitrogens with one attached hydrogen (secondary N) is 1. The summed E-state index contributed by atoms with van der Waals surface area (Å²) in [6, 6.07) is 14.3. The number of carbonyl (C=O) groups is 2. The third-order valence-electron chi connectivity index (χ3n) is 6.49. The number of nitrogens with zero attached hydrogens (tertiary/aromatic N) is 3. The second kappa shape index (κ2) is 9.46. The fourth-order valence-corrected chi connectivity index (χ4v) is 5.46. The van der Waals surface area contributed by atoms with E-state index in [0.717, 1.165) is 29.0 Å². The number of benzene rings is 2. The summed E-state index contributed by atoms with van der Waals surface area (Å²) < 4.78 is 12.2. The minimum atomic E-state index is -0.398. The molecular formula is C27H28N4O4S. The van der Waals surface area contributed by atoms with E-state index in [4.69, 9.17) is 14.6 Å². The van der Waals surface area contributed by atoms with Gasteiger partial charge in [-0.15, -0.1) is 5.10 Å². The molecule has 0 amide bonds. The number of rotatable bonds is 7. The summed E-state index contributed by atoms with van der Waals surface area (Å²) in [7, 11) is 3.21. The molecule has 0 unspecified atom stereocenters. The molecule has 1 aromatic heterocycles. The quantitative estimate of drug-likeness (QED) is 0.358. The molecule has 1 atom stereocenters. The van der Waals surface area contributed by atoms with Crippen LogP contribution in [0.2, 0.25) is 0 Å². The van der Waals surface area contributed by atoms with Crippen LogP contribution in [0.3, 0.4) is 0 Å². The fraction of sp³-hybridized carbons (Fsp3) is 0.333. The van der Waals surface area contributed by atoms with Gasteiger partial charge in [0.1, 0.15) is 17.5 Å². The minimum absolute atomic E-state index is 0.0237. The first-order valence-corrected chi connectivity index (χ1v) is 12.7. The zero-order chi connectivity index (χ0) is 25.4. The highest BCUT2D eigenvalue weighted by atomic mass is 32.2. The first-order valence-electron chi connectivity index (χ1n) is 11.7. The highest BCUT2D eigenvalue weighted by molar-refractivity contribution is 7.99. The molecule has 1 N–H and O–H groups in total. The first-order chi connectivity index (χ1) is 17.3. The normalized spacial score (nSPS) is 18.2. The van der Waals surface area contributed by atoms with Crippen molar-refractivity contribution in [2.24, 2.45) is 5.41 Å². The Morgan fingerprint density at radius 1 is 1.06 bits per heavy atom. The number of anilines is 1. The second-order valence-electron chi connectivity index (χ2n) is 9.74. The average Bonchev–Trinajstić information content (AvgIpc) is 3.28. The van der Waals surface area contributed by atoms with Crippen LogP contribution in [0.5, 0.6) is 11.5 Å². The standard InChI is InChI=1S/C27H28N4O4S/c1-27(2)13-20-23(21(32)14-27)24(17-7-11-19(35-4)12-8-17)31-25(28-20)29-26(30-31)36-15-22(33)16-5-9-18(34-3)10-6-16/h5-12,24H,13-15H2,1-4H3,(H,28,29,30)/t24-/m0/s1. The monoisotopic (exact) mass is 504 g/mol. The third kappa shape index (κ3) is 4.63. The molecule has 0 saturated carbocycles. The molecular weight excluding hydrogens is 476 g/mol. The molecule has 2 heterocycles. The smallest absolute Gasteiger partial charge is 0.227 e. The SMILES string of the molecule is COc1ccc(C(=O)CSc2nc3n(n2)[C@@H](c2ccc(OC)cc2)C2=C(CC(C)(C)CC2=O)N3)cc1. The fourth-order valence-electron chi connectivity index (χ4n) is 4.74. The van der Waals surface area contributed by atoms with Crippen LogP contribution in [0.1, 0.15) is 48.7 Å². The molecule has 1 aliphatic carbocycles. The van der Waals surface area contributed by atoms with Crippen LogP contribution in [0.4, 0.5) is 5.95 Å². The number of hydrogen-bond acceptors (Lipinski definition) is 8. The Balaban J connectivity index is 1.44. The van der Waals surface area contributed by atoms with Crippen molar-refractivity contribution < 1.29 is 19.1 Å². The Morgan fingerprint density at radius 3 is 2.33 bits per heavy atom. The van der Waals surface area contributed by atoms with Gasteiger partial charge in [-0.25, -0.2) is 4.68 Å². The average molecular weight is 505 g/mol. The van der Waals surface area contributed by atoms with Crippen LogP contribution in [0, 0.1) is 5.41 Å². The maximum absolute atomic E-state index is 13.3. The lowest BCUT2D eigenvalue weighted by Crippen LogP contribution is -2.36. The van der Waals surface area contributed by atoms with E-state index in [2.05, 4.69) is 24.1 Å². The van der Waals surface area contributed by atoms with Crippen LogP contribution in [0.25, 0.3) is 0 Å².